The van der Waals surface area contributed by atoms with Gasteiger partial charge in [0.25, 0.3) is 0 Å². The molecule has 2 heterocycles. The highest BCUT2D eigenvalue weighted by atomic mass is 35.5. The minimum atomic E-state index is -1.03. The number of fused-ring (bicyclic) bond motifs is 1. The second-order valence-corrected chi connectivity index (χ2v) is 8.13. The van der Waals surface area contributed by atoms with Crippen LogP contribution in [0.25, 0.3) is 11.0 Å². The molecule has 0 radical (unpaired) electrons. The summed E-state index contributed by atoms with van der Waals surface area (Å²) in [5.74, 6) is -1.28. The number of para-hydroxylation sites is 1. The van der Waals surface area contributed by atoms with Crippen molar-refractivity contribution in [3.8, 4) is 0 Å². The van der Waals surface area contributed by atoms with Gasteiger partial charge >= 0.3 is 17.9 Å². The first kappa shape index (κ1) is 23.8. The van der Waals surface area contributed by atoms with Crippen LogP contribution < -0.4 is 5.32 Å². The van der Waals surface area contributed by atoms with Gasteiger partial charge in [-0.05, 0) is 26.0 Å². The Labute approximate surface area is 190 Å². The molecular weight excluding hydrogens is 442 g/mol. The van der Waals surface area contributed by atoms with Gasteiger partial charge in [0.1, 0.15) is 18.2 Å². The van der Waals surface area contributed by atoms with Crippen molar-refractivity contribution in [3.05, 3.63) is 23.2 Å². The zero-order chi connectivity index (χ0) is 23.6. The van der Waals surface area contributed by atoms with Gasteiger partial charge in [-0.2, -0.15) is 0 Å². The Morgan fingerprint density at radius 2 is 1.78 bits per heavy atom. The first-order valence-electron chi connectivity index (χ1n) is 10.1. The minimum absolute atomic E-state index is 0.0130. The van der Waals surface area contributed by atoms with E-state index in [0.29, 0.717) is 22.0 Å². The van der Waals surface area contributed by atoms with E-state index >= 15 is 0 Å². The van der Waals surface area contributed by atoms with E-state index in [1.807, 2.05) is 13.8 Å². The molecule has 174 valence electrons. The Kier molecular flexibility index (Phi) is 7.25. The van der Waals surface area contributed by atoms with Gasteiger partial charge in [-0.25, -0.2) is 4.98 Å². The van der Waals surface area contributed by atoms with Crippen molar-refractivity contribution < 1.29 is 33.3 Å². The highest BCUT2D eigenvalue weighted by molar-refractivity contribution is 6.35. The van der Waals surface area contributed by atoms with Crippen LogP contribution in [0.5, 0.6) is 0 Å². The van der Waals surface area contributed by atoms with Gasteiger partial charge in [0, 0.05) is 26.8 Å². The lowest BCUT2D eigenvalue weighted by atomic mass is 10.1. The number of benzene rings is 1. The molecule has 2 aromatic rings. The molecule has 1 fully saturated rings. The van der Waals surface area contributed by atoms with E-state index in [2.05, 4.69) is 10.3 Å². The van der Waals surface area contributed by atoms with Crippen LogP contribution in [0.1, 0.15) is 40.8 Å². The first-order chi connectivity index (χ1) is 15.1. The number of nitrogens with zero attached hydrogens (tertiary/aromatic N) is 2. The van der Waals surface area contributed by atoms with Gasteiger partial charge in [-0.1, -0.05) is 17.7 Å². The number of carbonyl (C=O) groups excluding carboxylic acids is 3. The van der Waals surface area contributed by atoms with Crippen LogP contribution in [0.4, 0.5) is 5.95 Å². The summed E-state index contributed by atoms with van der Waals surface area (Å²) in [7, 11) is 0. The fourth-order valence-electron chi connectivity index (χ4n) is 3.60. The molecule has 1 aromatic heterocycles. The van der Waals surface area contributed by atoms with E-state index in [-0.39, 0.29) is 12.6 Å². The number of anilines is 1. The lowest BCUT2D eigenvalue weighted by Gasteiger charge is -2.25. The summed E-state index contributed by atoms with van der Waals surface area (Å²) >= 11 is 6.36. The van der Waals surface area contributed by atoms with Gasteiger partial charge in [0.15, 0.2) is 18.4 Å². The Morgan fingerprint density at radius 3 is 2.38 bits per heavy atom. The Morgan fingerprint density at radius 1 is 1.12 bits per heavy atom. The third-order valence-corrected chi connectivity index (χ3v) is 4.99. The van der Waals surface area contributed by atoms with Gasteiger partial charge < -0.3 is 24.3 Å². The summed E-state index contributed by atoms with van der Waals surface area (Å²) in [6.45, 7) is 7.43. The van der Waals surface area contributed by atoms with Crippen LogP contribution in [0.3, 0.4) is 0 Å². The maximum absolute atomic E-state index is 11.9. The predicted molar refractivity (Wildman–Crippen MR) is 115 cm³/mol. The second kappa shape index (κ2) is 9.74. The maximum Gasteiger partial charge on any atom is 0.303 e. The summed E-state index contributed by atoms with van der Waals surface area (Å²) in [5.41, 5.74) is 1.15. The number of rotatable bonds is 7. The number of carbonyl (C=O) groups is 3. The summed E-state index contributed by atoms with van der Waals surface area (Å²) in [6.07, 6.45) is -3.85. The average molecular weight is 468 g/mol. The molecule has 1 saturated heterocycles. The molecule has 4 atom stereocenters. The normalized spacial score (nSPS) is 22.7. The lowest BCUT2D eigenvalue weighted by molar-refractivity contribution is -0.166. The minimum Gasteiger partial charge on any atom is -0.463 e. The Bertz CT molecular complexity index is 1020. The molecule has 1 aliphatic rings. The summed E-state index contributed by atoms with van der Waals surface area (Å²) in [6, 6.07) is 5.29. The third kappa shape index (κ3) is 5.13. The molecule has 10 nitrogen and oxygen atoms in total. The number of hydrogen-bond donors (Lipinski definition) is 1. The molecule has 0 aliphatic carbocycles. The fourth-order valence-corrected chi connectivity index (χ4v) is 3.81. The number of imidazole rings is 1. The molecule has 11 heteroatoms. The molecule has 1 aromatic carbocycles. The summed E-state index contributed by atoms with van der Waals surface area (Å²) in [4.78, 5) is 39.7. The molecule has 1 N–H and O–H groups in total. The molecule has 1 aliphatic heterocycles. The average Bonchev–Trinajstić information content (AvgIpc) is 3.18. The molecular formula is C21H26ClN3O7. The van der Waals surface area contributed by atoms with Crippen molar-refractivity contribution in [1.82, 2.24) is 9.55 Å². The van der Waals surface area contributed by atoms with Crippen LogP contribution >= 0.6 is 11.6 Å². The number of halogens is 1. The fraction of sp³-hybridized carbons (Fsp3) is 0.524. The molecule has 0 saturated carbocycles. The van der Waals surface area contributed by atoms with E-state index in [0.717, 1.165) is 0 Å². The molecule has 0 unspecified atom stereocenters. The van der Waals surface area contributed by atoms with Crippen LogP contribution in [0, 0.1) is 0 Å². The second-order valence-electron chi connectivity index (χ2n) is 7.73. The van der Waals surface area contributed by atoms with Crippen LogP contribution in [-0.4, -0.2) is 58.4 Å². The molecule has 3 rings (SSSR count). The topological polar surface area (TPSA) is 118 Å². The monoisotopic (exact) mass is 467 g/mol. The number of nitrogens with one attached hydrogen (secondary N) is 1. The largest absolute Gasteiger partial charge is 0.463 e. The Balaban J connectivity index is 2.13. The first-order valence-corrected chi connectivity index (χ1v) is 10.5. The van der Waals surface area contributed by atoms with E-state index in [9.17, 15) is 14.4 Å². The molecule has 0 amide bonds. The SMILES string of the molecule is CC(=O)OC[C@H]1O[C@@H](n2c(NC(C)C)nc3c(Cl)cccc32)[C@H](OC(C)=O)[C@@H]1OC(C)=O. The van der Waals surface area contributed by atoms with Gasteiger partial charge in [-0.3, -0.25) is 19.0 Å². The molecule has 0 bridgehead atoms. The van der Waals surface area contributed by atoms with E-state index < -0.39 is 42.4 Å². The zero-order valence-corrected chi connectivity index (χ0v) is 19.2. The van der Waals surface area contributed by atoms with E-state index in [1.54, 1.807) is 22.8 Å². The number of ether oxygens (including phenoxy) is 4. The van der Waals surface area contributed by atoms with E-state index in [4.69, 9.17) is 30.5 Å². The van der Waals surface area contributed by atoms with Crippen molar-refractivity contribution in [1.29, 1.82) is 0 Å². The number of hydrogen-bond acceptors (Lipinski definition) is 9. The number of esters is 3. The van der Waals surface area contributed by atoms with Crippen molar-refractivity contribution in [2.75, 3.05) is 11.9 Å². The van der Waals surface area contributed by atoms with Crippen molar-refractivity contribution in [2.24, 2.45) is 0 Å². The van der Waals surface area contributed by atoms with E-state index in [1.165, 1.54) is 20.8 Å². The zero-order valence-electron chi connectivity index (χ0n) is 18.5. The van der Waals surface area contributed by atoms with Crippen molar-refractivity contribution in [3.63, 3.8) is 0 Å². The van der Waals surface area contributed by atoms with Crippen molar-refractivity contribution in [2.45, 2.75) is 65.2 Å². The van der Waals surface area contributed by atoms with Crippen LogP contribution in [0.2, 0.25) is 5.02 Å². The quantitative estimate of drug-likeness (QED) is 0.484. The maximum atomic E-state index is 11.9. The standard InChI is InChI=1S/C21H26ClN3O7/c1-10(2)23-21-24-17-14(22)7-6-8-15(17)25(21)20-19(31-13(5)28)18(30-12(4)27)16(32-20)9-29-11(3)26/h6-8,10,16,18-20H,9H2,1-5H3,(H,23,24)/t16-,18-,19-,20-/m1/s1. The van der Waals surface area contributed by atoms with Crippen molar-refractivity contribution >= 4 is 46.5 Å². The molecule has 32 heavy (non-hydrogen) atoms. The summed E-state index contributed by atoms with van der Waals surface area (Å²) in [5, 5.41) is 3.67. The van der Waals surface area contributed by atoms with Gasteiger partial charge in [-0.15, -0.1) is 0 Å². The lowest BCUT2D eigenvalue weighted by Crippen LogP contribution is -2.40. The highest BCUT2D eigenvalue weighted by Gasteiger charge is 2.51. The Hall–Kier alpha value is -2.85. The van der Waals surface area contributed by atoms with Crippen LogP contribution in [-0.2, 0) is 33.3 Å². The van der Waals surface area contributed by atoms with Crippen LogP contribution in [0.15, 0.2) is 18.2 Å². The third-order valence-electron chi connectivity index (χ3n) is 4.68. The molecule has 0 spiro atoms. The smallest absolute Gasteiger partial charge is 0.303 e. The predicted octanol–water partition coefficient (Wildman–Crippen LogP) is 2.83. The number of aromatic nitrogens is 2. The highest BCUT2D eigenvalue weighted by Crippen LogP contribution is 2.39. The van der Waals surface area contributed by atoms with Gasteiger partial charge in [0.05, 0.1) is 10.5 Å². The summed E-state index contributed by atoms with van der Waals surface area (Å²) < 4.78 is 24.0. The van der Waals surface area contributed by atoms with Gasteiger partial charge in [0.2, 0.25) is 5.95 Å².